The van der Waals surface area contributed by atoms with E-state index in [0.29, 0.717) is 25.2 Å². The molecule has 2 amide bonds. The number of hydrogen-bond donors (Lipinski definition) is 2. The van der Waals surface area contributed by atoms with Crippen molar-refractivity contribution in [1.29, 1.82) is 0 Å². The van der Waals surface area contributed by atoms with Crippen molar-refractivity contribution in [2.75, 3.05) is 18.4 Å². The first-order valence-electron chi connectivity index (χ1n) is 8.63. The average molecular weight is 350 g/mol. The van der Waals surface area contributed by atoms with E-state index >= 15 is 0 Å². The van der Waals surface area contributed by atoms with Crippen LogP contribution in [0.3, 0.4) is 0 Å². The highest BCUT2D eigenvalue weighted by Crippen LogP contribution is 2.21. The SMILES string of the molecule is CCCC(=O)N1CCCC(C(=O)Nc2cnn(C(C)(C)C(=O)O)c2)C1. The standard InChI is InChI=1S/C17H26N4O4/c1-4-6-14(22)20-8-5-7-12(10-20)15(23)19-13-9-18-21(11-13)17(2,3)16(24)25/h9,11-12H,4-8,10H2,1-3H3,(H,19,23)(H,24,25). The van der Waals surface area contributed by atoms with E-state index < -0.39 is 11.5 Å². The highest BCUT2D eigenvalue weighted by molar-refractivity contribution is 5.93. The molecule has 0 aliphatic carbocycles. The van der Waals surface area contributed by atoms with Gasteiger partial charge in [-0.3, -0.25) is 14.3 Å². The van der Waals surface area contributed by atoms with Crippen LogP contribution in [0.25, 0.3) is 0 Å². The Bertz CT molecular complexity index is 653. The van der Waals surface area contributed by atoms with Gasteiger partial charge < -0.3 is 15.3 Å². The first kappa shape index (κ1) is 19.0. The number of carboxylic acids is 1. The van der Waals surface area contributed by atoms with E-state index in [2.05, 4.69) is 10.4 Å². The van der Waals surface area contributed by atoms with Crippen molar-refractivity contribution in [1.82, 2.24) is 14.7 Å². The Balaban J connectivity index is 1.99. The Labute approximate surface area is 147 Å². The van der Waals surface area contributed by atoms with Crippen molar-refractivity contribution in [2.24, 2.45) is 5.92 Å². The molecule has 1 aromatic heterocycles. The zero-order valence-electron chi connectivity index (χ0n) is 15.0. The number of rotatable bonds is 6. The van der Waals surface area contributed by atoms with Gasteiger partial charge in [0.1, 0.15) is 0 Å². The Morgan fingerprint density at radius 3 is 2.76 bits per heavy atom. The molecule has 2 N–H and O–H groups in total. The van der Waals surface area contributed by atoms with E-state index in [0.717, 1.165) is 19.3 Å². The third-order valence-corrected chi connectivity index (χ3v) is 4.56. The third-order valence-electron chi connectivity index (χ3n) is 4.56. The molecular weight excluding hydrogens is 324 g/mol. The molecular formula is C17H26N4O4. The molecule has 1 aromatic rings. The highest BCUT2D eigenvalue weighted by Gasteiger charge is 2.31. The molecule has 2 rings (SSSR count). The fraction of sp³-hybridized carbons (Fsp3) is 0.647. The minimum atomic E-state index is -1.20. The van der Waals surface area contributed by atoms with E-state index in [1.54, 1.807) is 4.90 Å². The van der Waals surface area contributed by atoms with E-state index in [4.69, 9.17) is 0 Å². The van der Waals surface area contributed by atoms with Crippen LogP contribution in [-0.4, -0.2) is 50.7 Å². The molecule has 2 heterocycles. The molecule has 1 saturated heterocycles. The van der Waals surface area contributed by atoms with Gasteiger partial charge in [-0.2, -0.15) is 5.10 Å². The van der Waals surface area contributed by atoms with Gasteiger partial charge in [0.15, 0.2) is 5.54 Å². The molecule has 0 spiro atoms. The summed E-state index contributed by atoms with van der Waals surface area (Å²) < 4.78 is 1.31. The molecule has 8 heteroatoms. The number of likely N-dealkylation sites (tertiary alicyclic amines) is 1. The molecule has 1 atom stereocenters. The smallest absolute Gasteiger partial charge is 0.331 e. The molecule has 0 aromatic carbocycles. The lowest BCUT2D eigenvalue weighted by Gasteiger charge is -2.32. The second kappa shape index (κ2) is 7.67. The van der Waals surface area contributed by atoms with Crippen molar-refractivity contribution >= 4 is 23.5 Å². The predicted octanol–water partition coefficient (Wildman–Crippen LogP) is 1.68. The van der Waals surface area contributed by atoms with Gasteiger partial charge in [0, 0.05) is 25.7 Å². The fourth-order valence-electron chi connectivity index (χ4n) is 2.83. The normalized spacial score (nSPS) is 18.0. The number of nitrogens with zero attached hydrogens (tertiary/aromatic N) is 3. The number of piperidine rings is 1. The van der Waals surface area contributed by atoms with Crippen molar-refractivity contribution in [3.8, 4) is 0 Å². The molecule has 0 radical (unpaired) electrons. The largest absolute Gasteiger partial charge is 0.479 e. The highest BCUT2D eigenvalue weighted by atomic mass is 16.4. The number of carboxylic acid groups (broad SMARTS) is 1. The Morgan fingerprint density at radius 1 is 1.40 bits per heavy atom. The third kappa shape index (κ3) is 4.37. The van der Waals surface area contributed by atoms with Crippen LogP contribution in [0.5, 0.6) is 0 Å². The zero-order chi connectivity index (χ0) is 18.6. The van der Waals surface area contributed by atoms with Crippen molar-refractivity contribution < 1.29 is 19.5 Å². The number of aromatic nitrogens is 2. The quantitative estimate of drug-likeness (QED) is 0.812. The van der Waals surface area contributed by atoms with Gasteiger partial charge in [0.2, 0.25) is 11.8 Å². The van der Waals surface area contributed by atoms with Gasteiger partial charge in [-0.1, -0.05) is 6.92 Å². The van der Waals surface area contributed by atoms with Gasteiger partial charge in [-0.15, -0.1) is 0 Å². The van der Waals surface area contributed by atoms with Crippen molar-refractivity contribution in [2.45, 2.75) is 52.0 Å². The van der Waals surface area contributed by atoms with Crippen molar-refractivity contribution in [3.05, 3.63) is 12.4 Å². The number of carbonyl (C=O) groups is 3. The molecule has 1 aliphatic heterocycles. The Kier molecular flexibility index (Phi) is 5.81. The molecule has 0 saturated carbocycles. The summed E-state index contributed by atoms with van der Waals surface area (Å²) in [7, 11) is 0. The number of anilines is 1. The Hall–Kier alpha value is -2.38. The van der Waals surface area contributed by atoms with Crippen LogP contribution in [0.4, 0.5) is 5.69 Å². The molecule has 138 valence electrons. The van der Waals surface area contributed by atoms with Crippen LogP contribution in [0.1, 0.15) is 46.5 Å². The van der Waals surface area contributed by atoms with E-state index in [1.165, 1.54) is 30.9 Å². The summed E-state index contributed by atoms with van der Waals surface area (Å²) in [5.41, 5.74) is -0.742. The first-order chi connectivity index (χ1) is 11.8. The second-order valence-electron chi connectivity index (χ2n) is 6.96. The number of amides is 2. The maximum atomic E-state index is 12.5. The molecule has 8 nitrogen and oxygen atoms in total. The summed E-state index contributed by atoms with van der Waals surface area (Å²) in [6.45, 7) is 6.16. The van der Waals surface area contributed by atoms with Crippen LogP contribution in [-0.2, 0) is 19.9 Å². The lowest BCUT2D eigenvalue weighted by atomic mass is 9.96. The average Bonchev–Trinajstić information content (AvgIpc) is 3.04. The van der Waals surface area contributed by atoms with Crippen LogP contribution in [0, 0.1) is 5.92 Å². The summed E-state index contributed by atoms with van der Waals surface area (Å²) >= 11 is 0. The minimum absolute atomic E-state index is 0.0935. The van der Waals surface area contributed by atoms with E-state index in [9.17, 15) is 19.5 Å². The summed E-state index contributed by atoms with van der Waals surface area (Å²) in [4.78, 5) is 37.5. The van der Waals surface area contributed by atoms with Gasteiger partial charge >= 0.3 is 5.97 Å². The predicted molar refractivity (Wildman–Crippen MR) is 92.0 cm³/mol. The number of carbonyl (C=O) groups excluding carboxylic acids is 2. The van der Waals surface area contributed by atoms with Gasteiger partial charge in [0.25, 0.3) is 0 Å². The van der Waals surface area contributed by atoms with Crippen LogP contribution >= 0.6 is 0 Å². The Morgan fingerprint density at radius 2 is 2.12 bits per heavy atom. The summed E-state index contributed by atoms with van der Waals surface area (Å²) in [6, 6.07) is 0. The van der Waals surface area contributed by atoms with Gasteiger partial charge in [-0.05, 0) is 33.1 Å². The molecule has 25 heavy (non-hydrogen) atoms. The van der Waals surface area contributed by atoms with Gasteiger partial charge in [0.05, 0.1) is 17.8 Å². The van der Waals surface area contributed by atoms with Crippen molar-refractivity contribution in [3.63, 3.8) is 0 Å². The fourth-order valence-corrected chi connectivity index (χ4v) is 2.83. The summed E-state index contributed by atoms with van der Waals surface area (Å²) in [5, 5.41) is 16.0. The summed E-state index contributed by atoms with van der Waals surface area (Å²) in [5.74, 6) is -1.34. The molecule has 0 bridgehead atoms. The lowest BCUT2D eigenvalue weighted by molar-refractivity contribution is -0.146. The lowest BCUT2D eigenvalue weighted by Crippen LogP contribution is -2.43. The summed E-state index contributed by atoms with van der Waals surface area (Å²) in [6.07, 6.45) is 5.78. The first-order valence-corrected chi connectivity index (χ1v) is 8.63. The van der Waals surface area contributed by atoms with Crippen LogP contribution in [0.15, 0.2) is 12.4 Å². The zero-order valence-corrected chi connectivity index (χ0v) is 15.0. The minimum Gasteiger partial charge on any atom is -0.479 e. The molecule has 1 unspecified atom stereocenters. The molecule has 1 fully saturated rings. The number of nitrogens with one attached hydrogen (secondary N) is 1. The maximum absolute atomic E-state index is 12.5. The molecule has 1 aliphatic rings. The van der Waals surface area contributed by atoms with E-state index in [-0.39, 0.29) is 17.7 Å². The van der Waals surface area contributed by atoms with E-state index in [1.807, 2.05) is 6.92 Å². The van der Waals surface area contributed by atoms with Gasteiger partial charge in [-0.25, -0.2) is 4.79 Å². The number of aliphatic carboxylic acids is 1. The van der Waals surface area contributed by atoms with Crippen LogP contribution < -0.4 is 5.32 Å². The monoisotopic (exact) mass is 350 g/mol. The number of hydrogen-bond acceptors (Lipinski definition) is 4. The topological polar surface area (TPSA) is 105 Å². The maximum Gasteiger partial charge on any atom is 0.331 e. The van der Waals surface area contributed by atoms with Crippen LogP contribution in [0.2, 0.25) is 0 Å². The second-order valence-corrected chi connectivity index (χ2v) is 6.96.